The molecule has 0 radical (unpaired) electrons. The number of nitrogens with one attached hydrogen (secondary N) is 1. The van der Waals surface area contributed by atoms with Crippen LogP contribution in [0.15, 0.2) is 36.4 Å². The van der Waals surface area contributed by atoms with Crippen LogP contribution in [0.4, 0.5) is 5.69 Å². The van der Waals surface area contributed by atoms with Gasteiger partial charge in [0.2, 0.25) is 10.0 Å². The Labute approximate surface area is 99.9 Å². The van der Waals surface area contributed by atoms with Crippen molar-refractivity contribution in [2.75, 3.05) is 10.5 Å². The van der Waals surface area contributed by atoms with E-state index < -0.39 is 10.0 Å². The molecule has 2 aromatic rings. The number of hydrogen-bond acceptors (Lipinski definition) is 3. The van der Waals surface area contributed by atoms with Crippen LogP contribution < -0.4 is 4.72 Å². The zero-order chi connectivity index (χ0) is 12.5. The molecule has 4 nitrogen and oxygen atoms in total. The molecule has 2 aromatic carbocycles. The van der Waals surface area contributed by atoms with Gasteiger partial charge in [-0.1, -0.05) is 24.3 Å². The van der Waals surface area contributed by atoms with Gasteiger partial charge in [0.15, 0.2) is 0 Å². The molecule has 0 aliphatic rings. The van der Waals surface area contributed by atoms with E-state index in [0.29, 0.717) is 16.5 Å². The molecule has 0 atom stereocenters. The van der Waals surface area contributed by atoms with Gasteiger partial charge in [-0.3, -0.25) is 4.72 Å². The van der Waals surface area contributed by atoms with Gasteiger partial charge in [-0.05, 0) is 19.1 Å². The fourth-order valence-electron chi connectivity index (χ4n) is 1.61. The zero-order valence-electron chi connectivity index (χ0n) is 9.34. The van der Waals surface area contributed by atoms with Gasteiger partial charge >= 0.3 is 0 Å². The summed E-state index contributed by atoms with van der Waals surface area (Å²) in [6.07, 6.45) is 0. The first-order valence-corrected chi connectivity index (χ1v) is 6.90. The third-order valence-corrected chi connectivity index (χ3v) is 3.84. The average Bonchev–Trinajstić information content (AvgIpc) is 2.33. The Bertz CT molecular complexity index is 650. The van der Waals surface area contributed by atoms with Crippen LogP contribution in [0.3, 0.4) is 0 Å². The predicted molar refractivity (Wildman–Crippen MR) is 68.7 cm³/mol. The van der Waals surface area contributed by atoms with Crippen LogP contribution in [-0.4, -0.2) is 19.3 Å². The van der Waals surface area contributed by atoms with Gasteiger partial charge in [-0.25, -0.2) is 8.42 Å². The molecule has 0 bridgehead atoms. The number of fused-ring (bicyclic) bond motifs is 1. The summed E-state index contributed by atoms with van der Waals surface area (Å²) < 4.78 is 25.5. The minimum atomic E-state index is -3.31. The highest BCUT2D eigenvalue weighted by Gasteiger charge is 2.10. The molecular weight excluding hydrogens is 238 g/mol. The number of phenols is 1. The molecule has 0 fully saturated rings. The molecule has 0 amide bonds. The van der Waals surface area contributed by atoms with Crippen LogP contribution in [0, 0.1) is 0 Å². The Morgan fingerprint density at radius 2 is 1.76 bits per heavy atom. The van der Waals surface area contributed by atoms with Crippen molar-refractivity contribution in [3.05, 3.63) is 36.4 Å². The molecule has 2 N–H and O–H groups in total. The summed E-state index contributed by atoms with van der Waals surface area (Å²) in [5, 5.41) is 11.0. The lowest BCUT2D eigenvalue weighted by atomic mass is 10.1. The number of anilines is 1. The summed E-state index contributed by atoms with van der Waals surface area (Å²) in [5.74, 6) is 0.155. The van der Waals surface area contributed by atoms with Gasteiger partial charge in [0.25, 0.3) is 0 Å². The molecule has 0 saturated carbocycles. The first-order chi connectivity index (χ1) is 8.03. The van der Waals surface area contributed by atoms with Crippen molar-refractivity contribution >= 4 is 26.5 Å². The Morgan fingerprint density at radius 1 is 1.12 bits per heavy atom. The number of benzene rings is 2. The summed E-state index contributed by atoms with van der Waals surface area (Å²) in [6.45, 7) is 1.57. The van der Waals surface area contributed by atoms with Gasteiger partial charge in [-0.2, -0.15) is 0 Å². The molecule has 0 aromatic heterocycles. The van der Waals surface area contributed by atoms with Crippen molar-refractivity contribution in [1.82, 2.24) is 0 Å². The van der Waals surface area contributed by atoms with E-state index in [4.69, 9.17) is 0 Å². The Morgan fingerprint density at radius 3 is 2.41 bits per heavy atom. The highest BCUT2D eigenvalue weighted by atomic mass is 32.2. The van der Waals surface area contributed by atoms with E-state index in [-0.39, 0.29) is 11.5 Å². The quantitative estimate of drug-likeness (QED) is 0.823. The smallest absolute Gasteiger partial charge is 0.232 e. The molecular formula is C12H13NO3S. The van der Waals surface area contributed by atoms with Crippen molar-refractivity contribution < 1.29 is 13.5 Å². The fourth-order valence-corrected chi connectivity index (χ4v) is 2.27. The lowest BCUT2D eigenvalue weighted by Gasteiger charge is -2.10. The summed E-state index contributed by atoms with van der Waals surface area (Å²) in [6, 6.07) is 10.1. The van der Waals surface area contributed by atoms with Crippen LogP contribution in [-0.2, 0) is 10.0 Å². The van der Waals surface area contributed by atoms with Gasteiger partial charge < -0.3 is 5.11 Å². The van der Waals surface area contributed by atoms with E-state index in [1.807, 2.05) is 0 Å². The maximum absolute atomic E-state index is 11.5. The molecule has 0 saturated heterocycles. The fraction of sp³-hybridized carbons (Fsp3) is 0.167. The van der Waals surface area contributed by atoms with Crippen molar-refractivity contribution in [2.24, 2.45) is 0 Å². The predicted octanol–water partition coefficient (Wildman–Crippen LogP) is 2.31. The first kappa shape index (κ1) is 11.7. The van der Waals surface area contributed by atoms with Crippen molar-refractivity contribution in [2.45, 2.75) is 6.92 Å². The molecule has 0 unspecified atom stereocenters. The van der Waals surface area contributed by atoms with E-state index in [1.165, 1.54) is 6.07 Å². The number of sulfonamides is 1. The lowest BCUT2D eigenvalue weighted by Crippen LogP contribution is -2.14. The first-order valence-electron chi connectivity index (χ1n) is 5.24. The number of rotatable bonds is 3. The summed E-state index contributed by atoms with van der Waals surface area (Å²) >= 11 is 0. The zero-order valence-corrected chi connectivity index (χ0v) is 10.2. The maximum atomic E-state index is 11.5. The second kappa shape index (κ2) is 4.25. The van der Waals surface area contributed by atoms with Crippen molar-refractivity contribution in [3.63, 3.8) is 0 Å². The topological polar surface area (TPSA) is 66.4 Å². The monoisotopic (exact) mass is 251 g/mol. The van der Waals surface area contributed by atoms with E-state index in [2.05, 4.69) is 4.72 Å². The molecule has 5 heteroatoms. The van der Waals surface area contributed by atoms with Gasteiger partial charge in [0.05, 0.1) is 11.4 Å². The Hall–Kier alpha value is -1.75. The van der Waals surface area contributed by atoms with E-state index >= 15 is 0 Å². The molecule has 17 heavy (non-hydrogen) atoms. The van der Waals surface area contributed by atoms with Crippen LogP contribution in [0.25, 0.3) is 10.8 Å². The van der Waals surface area contributed by atoms with Crippen LogP contribution in [0.5, 0.6) is 5.75 Å². The summed E-state index contributed by atoms with van der Waals surface area (Å²) in [4.78, 5) is 0. The molecule has 0 aliphatic heterocycles. The van der Waals surface area contributed by atoms with E-state index in [0.717, 1.165) is 0 Å². The lowest BCUT2D eigenvalue weighted by molar-refractivity contribution is 0.481. The van der Waals surface area contributed by atoms with E-state index in [9.17, 15) is 13.5 Å². The third kappa shape index (κ3) is 2.34. The number of aromatic hydroxyl groups is 1. The molecule has 0 heterocycles. The van der Waals surface area contributed by atoms with Crippen LogP contribution >= 0.6 is 0 Å². The second-order valence-electron chi connectivity index (χ2n) is 3.68. The van der Waals surface area contributed by atoms with Gasteiger partial charge in [-0.15, -0.1) is 0 Å². The Kier molecular flexibility index (Phi) is 2.93. The third-order valence-electron chi connectivity index (χ3n) is 2.55. The highest BCUT2D eigenvalue weighted by Crippen LogP contribution is 2.30. The summed E-state index contributed by atoms with van der Waals surface area (Å²) in [5.41, 5.74) is 0.486. The number of phenolic OH excluding ortho intramolecular Hbond substituents is 1. The van der Waals surface area contributed by atoms with E-state index in [1.54, 1.807) is 37.3 Å². The van der Waals surface area contributed by atoms with Gasteiger partial charge in [0, 0.05) is 10.8 Å². The molecule has 2 rings (SSSR count). The largest absolute Gasteiger partial charge is 0.507 e. The molecule has 0 spiro atoms. The van der Waals surface area contributed by atoms with Crippen LogP contribution in [0.1, 0.15) is 6.92 Å². The maximum Gasteiger partial charge on any atom is 0.232 e. The van der Waals surface area contributed by atoms with Crippen molar-refractivity contribution in [1.29, 1.82) is 0 Å². The minimum Gasteiger partial charge on any atom is -0.507 e. The standard InChI is InChI=1S/C12H13NO3S/c1-2-17(15,16)13-11-7-8-12(14)10-6-4-3-5-9(10)11/h3-8,13-14H,2H2,1H3. The number of hydrogen-bond donors (Lipinski definition) is 2. The SMILES string of the molecule is CCS(=O)(=O)Nc1ccc(O)c2ccccc12. The molecule has 90 valence electrons. The van der Waals surface area contributed by atoms with Crippen molar-refractivity contribution in [3.8, 4) is 5.75 Å². The van der Waals surface area contributed by atoms with Crippen LogP contribution in [0.2, 0.25) is 0 Å². The second-order valence-corrected chi connectivity index (χ2v) is 5.69. The normalized spacial score (nSPS) is 11.6. The highest BCUT2D eigenvalue weighted by molar-refractivity contribution is 7.92. The average molecular weight is 251 g/mol. The summed E-state index contributed by atoms with van der Waals surface area (Å²) in [7, 11) is -3.31. The van der Waals surface area contributed by atoms with Gasteiger partial charge in [0.1, 0.15) is 5.75 Å². The Balaban J connectivity index is 2.60. The molecule has 0 aliphatic carbocycles. The minimum absolute atomic E-state index is 0.0161.